The fraction of sp³-hybridized carbons (Fsp3) is 0.765. The molecule has 0 spiro atoms. The van der Waals surface area contributed by atoms with Crippen molar-refractivity contribution >= 4 is 11.9 Å². The molecule has 0 aromatic heterocycles. The van der Waals surface area contributed by atoms with E-state index in [1.165, 1.54) is 0 Å². The van der Waals surface area contributed by atoms with Gasteiger partial charge in [0.25, 0.3) is 0 Å². The molecule has 1 saturated heterocycles. The molecule has 43 heavy (non-hydrogen) atoms. The van der Waals surface area contributed by atoms with Crippen LogP contribution in [0.5, 0.6) is 0 Å². The van der Waals surface area contributed by atoms with Gasteiger partial charge in [0.1, 0.15) is 17.8 Å². The van der Waals surface area contributed by atoms with Crippen LogP contribution in [0, 0.1) is 11.8 Å². The van der Waals surface area contributed by atoms with Crippen molar-refractivity contribution in [1.82, 2.24) is 0 Å². The molecule has 1 fully saturated rings. The molecule has 2 aliphatic rings. The normalized spacial score (nSPS) is 33.6. The number of unbranched alkanes of at least 4 members (excludes halogenated alkanes) is 2. The van der Waals surface area contributed by atoms with Crippen LogP contribution in [0.1, 0.15) is 106 Å². The maximum atomic E-state index is 12.7. The Morgan fingerprint density at radius 1 is 1.28 bits per heavy atom. The third-order valence-corrected chi connectivity index (χ3v) is 8.61. The summed E-state index contributed by atoms with van der Waals surface area (Å²) in [7, 11) is 0. The zero-order valence-electron chi connectivity index (χ0n) is 27.2. The van der Waals surface area contributed by atoms with E-state index < -0.39 is 41.6 Å². The quantitative estimate of drug-likeness (QED) is 0.0768. The summed E-state index contributed by atoms with van der Waals surface area (Å²) in [4.78, 5) is 25.3. The van der Waals surface area contributed by atoms with Crippen molar-refractivity contribution in [2.24, 2.45) is 11.8 Å². The molecular formula is C34H56O9. The van der Waals surface area contributed by atoms with E-state index >= 15 is 0 Å². The van der Waals surface area contributed by atoms with Crippen LogP contribution in [-0.4, -0.2) is 80.2 Å². The molecule has 4 N–H and O–H groups in total. The molecule has 9 heteroatoms. The highest BCUT2D eigenvalue weighted by molar-refractivity contribution is 5.70. The smallest absolute Gasteiger partial charge is 0.309 e. The molecule has 2 rings (SSSR count). The second kappa shape index (κ2) is 16.9. The van der Waals surface area contributed by atoms with Gasteiger partial charge in [-0.05, 0) is 58.1 Å². The van der Waals surface area contributed by atoms with Gasteiger partial charge in [-0.15, -0.1) is 0 Å². The topological polar surface area (TPSA) is 146 Å². The molecule has 246 valence electrons. The molecule has 10 atom stereocenters. The number of aliphatic hydroxyl groups is 4. The number of rotatable bonds is 13. The van der Waals surface area contributed by atoms with Gasteiger partial charge in [0, 0.05) is 24.7 Å². The summed E-state index contributed by atoms with van der Waals surface area (Å²) in [5.74, 6) is -1.30. The van der Waals surface area contributed by atoms with Crippen molar-refractivity contribution in [2.45, 2.75) is 154 Å². The van der Waals surface area contributed by atoms with Crippen LogP contribution in [0.25, 0.3) is 0 Å². The van der Waals surface area contributed by atoms with Gasteiger partial charge < -0.3 is 34.6 Å². The van der Waals surface area contributed by atoms with Gasteiger partial charge in [-0.1, -0.05) is 64.8 Å². The molecule has 0 radical (unpaired) electrons. The molecule has 0 bridgehead atoms. The van der Waals surface area contributed by atoms with Crippen LogP contribution >= 0.6 is 0 Å². The second-order valence-corrected chi connectivity index (χ2v) is 13.1. The largest absolute Gasteiger partial charge is 0.457 e. The van der Waals surface area contributed by atoms with Gasteiger partial charge in [0.15, 0.2) is 0 Å². The molecule has 10 unspecified atom stereocenters. The average molecular weight is 609 g/mol. The first kappa shape index (κ1) is 37.1. The summed E-state index contributed by atoms with van der Waals surface area (Å²) in [5, 5.41) is 42.7. The van der Waals surface area contributed by atoms with Crippen LogP contribution in [0.3, 0.4) is 0 Å². The van der Waals surface area contributed by atoms with E-state index in [0.29, 0.717) is 24.8 Å². The Morgan fingerprint density at radius 3 is 2.63 bits per heavy atom. The Morgan fingerprint density at radius 2 is 1.98 bits per heavy atom. The van der Waals surface area contributed by atoms with Crippen LogP contribution in [0.15, 0.2) is 36.0 Å². The van der Waals surface area contributed by atoms with E-state index in [9.17, 15) is 30.0 Å². The SMILES string of the molecule is CCCCCC(=O)OC1C=CC(C)C(C(C)=CC=CC(C)(O)CC2OC2C(C)C(O)CC)OC(=O)CC(O)CCC1(C)O. The minimum atomic E-state index is -1.44. The van der Waals surface area contributed by atoms with Gasteiger partial charge in [-0.25, -0.2) is 0 Å². The summed E-state index contributed by atoms with van der Waals surface area (Å²) < 4.78 is 17.2. The molecule has 9 nitrogen and oxygen atoms in total. The van der Waals surface area contributed by atoms with Gasteiger partial charge in [0.2, 0.25) is 0 Å². The predicted octanol–water partition coefficient (Wildman–Crippen LogP) is 4.70. The van der Waals surface area contributed by atoms with Crippen molar-refractivity contribution in [2.75, 3.05) is 0 Å². The molecule has 0 saturated carbocycles. The molecule has 0 aromatic carbocycles. The highest BCUT2D eigenvalue weighted by Crippen LogP contribution is 2.37. The van der Waals surface area contributed by atoms with E-state index in [1.54, 1.807) is 44.2 Å². The van der Waals surface area contributed by atoms with Gasteiger partial charge in [0.05, 0.1) is 36.4 Å². The number of epoxide rings is 1. The number of carbonyl (C=O) groups excluding carboxylic acids is 2. The van der Waals surface area contributed by atoms with Crippen LogP contribution in [0.2, 0.25) is 0 Å². The first-order chi connectivity index (χ1) is 20.1. The first-order valence-corrected chi connectivity index (χ1v) is 16.0. The lowest BCUT2D eigenvalue weighted by Crippen LogP contribution is -2.42. The van der Waals surface area contributed by atoms with Crippen molar-refractivity contribution in [1.29, 1.82) is 0 Å². The zero-order chi connectivity index (χ0) is 32.4. The Balaban J connectivity index is 2.19. The maximum absolute atomic E-state index is 12.7. The van der Waals surface area contributed by atoms with Crippen LogP contribution in [0.4, 0.5) is 0 Å². The highest BCUT2D eigenvalue weighted by Gasteiger charge is 2.47. The molecule has 0 aliphatic carbocycles. The lowest BCUT2D eigenvalue weighted by molar-refractivity contribution is -0.159. The summed E-state index contributed by atoms with van der Waals surface area (Å²) in [6.45, 7) is 12.9. The van der Waals surface area contributed by atoms with Crippen molar-refractivity contribution in [3.05, 3.63) is 36.0 Å². The molecule has 2 heterocycles. The fourth-order valence-electron chi connectivity index (χ4n) is 5.52. The number of cyclic esters (lactones) is 1. The van der Waals surface area contributed by atoms with Crippen LogP contribution in [-0.2, 0) is 23.8 Å². The molecule has 0 amide bonds. The highest BCUT2D eigenvalue weighted by atomic mass is 16.6. The minimum Gasteiger partial charge on any atom is -0.457 e. The lowest BCUT2D eigenvalue weighted by Gasteiger charge is -2.32. The Bertz CT molecular complexity index is 982. The standard InChI is InChI=1S/C34H56O9/c1-8-10-11-14-29(37)42-28-16-15-23(4)31(43-30(38)20-25(35)17-19-34(28,7)40)22(3)13-12-18-33(6,39)21-27-32(41-27)24(5)26(36)9-2/h12-13,15-16,18,23-28,31-32,35-36,39-40H,8-11,14,17,19-21H2,1-7H3. The lowest BCUT2D eigenvalue weighted by atomic mass is 9.88. The number of esters is 2. The van der Waals surface area contributed by atoms with E-state index in [4.69, 9.17) is 14.2 Å². The second-order valence-electron chi connectivity index (χ2n) is 13.1. The summed E-state index contributed by atoms with van der Waals surface area (Å²) in [5.41, 5.74) is -1.87. The number of ether oxygens (including phenoxy) is 3. The molecule has 2 aliphatic heterocycles. The maximum Gasteiger partial charge on any atom is 0.309 e. The van der Waals surface area contributed by atoms with Crippen molar-refractivity contribution < 1.29 is 44.2 Å². The predicted molar refractivity (Wildman–Crippen MR) is 165 cm³/mol. The van der Waals surface area contributed by atoms with Crippen molar-refractivity contribution in [3.63, 3.8) is 0 Å². The summed E-state index contributed by atoms with van der Waals surface area (Å²) in [6, 6.07) is 0. The fourth-order valence-corrected chi connectivity index (χ4v) is 5.52. The van der Waals surface area contributed by atoms with Gasteiger partial charge in [-0.2, -0.15) is 0 Å². The number of allylic oxidation sites excluding steroid dienone is 2. The Labute approximate surface area is 258 Å². The van der Waals surface area contributed by atoms with E-state index in [1.807, 2.05) is 27.7 Å². The first-order valence-electron chi connectivity index (χ1n) is 16.0. The molecular weight excluding hydrogens is 552 g/mol. The average Bonchev–Trinajstić information content (AvgIpc) is 3.69. The number of carbonyl (C=O) groups is 2. The number of hydrogen-bond acceptors (Lipinski definition) is 9. The van der Waals surface area contributed by atoms with E-state index in [2.05, 4.69) is 6.92 Å². The number of hydrogen-bond donors (Lipinski definition) is 4. The minimum absolute atomic E-state index is 0.00589. The van der Waals surface area contributed by atoms with Crippen molar-refractivity contribution in [3.8, 4) is 0 Å². The third-order valence-electron chi connectivity index (χ3n) is 8.61. The third kappa shape index (κ3) is 12.5. The summed E-state index contributed by atoms with van der Waals surface area (Å²) >= 11 is 0. The van der Waals surface area contributed by atoms with E-state index in [0.717, 1.165) is 12.8 Å². The zero-order valence-corrected chi connectivity index (χ0v) is 27.2. The molecule has 0 aromatic rings. The number of aliphatic hydroxyl groups excluding tert-OH is 2. The summed E-state index contributed by atoms with van der Waals surface area (Å²) in [6.07, 6.45) is 9.23. The Kier molecular flexibility index (Phi) is 14.6. The Hall–Kier alpha value is -2.04. The van der Waals surface area contributed by atoms with Crippen LogP contribution < -0.4 is 0 Å². The van der Waals surface area contributed by atoms with Gasteiger partial charge >= 0.3 is 11.9 Å². The van der Waals surface area contributed by atoms with Gasteiger partial charge in [-0.3, -0.25) is 9.59 Å². The monoisotopic (exact) mass is 608 g/mol. The van der Waals surface area contributed by atoms with E-state index in [-0.39, 0.29) is 55.7 Å².